The second-order valence-corrected chi connectivity index (χ2v) is 6.98. The summed E-state index contributed by atoms with van der Waals surface area (Å²) in [4.78, 5) is -0.709. The summed E-state index contributed by atoms with van der Waals surface area (Å²) in [7, 11) is -4.21. The molecule has 1 aromatic rings. The fourth-order valence-electron chi connectivity index (χ4n) is 2.39. The average Bonchev–Trinajstić information content (AvgIpc) is 2.36. The van der Waals surface area contributed by atoms with Crippen molar-refractivity contribution in [3.8, 4) is 0 Å². The van der Waals surface area contributed by atoms with Crippen LogP contribution in [0.15, 0.2) is 29.2 Å². The first-order valence-electron chi connectivity index (χ1n) is 6.44. The molecule has 0 bridgehead atoms. The van der Waals surface area contributed by atoms with Crippen molar-refractivity contribution in [3.63, 3.8) is 0 Å². The van der Waals surface area contributed by atoms with Gasteiger partial charge < -0.3 is 4.74 Å². The van der Waals surface area contributed by atoms with E-state index in [4.69, 9.17) is 4.74 Å². The highest BCUT2D eigenvalue weighted by atomic mass is 32.2. The quantitative estimate of drug-likeness (QED) is 0.840. The Hall–Kier alpha value is -1.12. The van der Waals surface area contributed by atoms with Gasteiger partial charge in [0.15, 0.2) is 0 Å². The Morgan fingerprint density at radius 2 is 1.67 bits per heavy atom. The number of alkyl halides is 3. The third kappa shape index (κ3) is 3.38. The minimum absolute atomic E-state index is 0.0405. The molecule has 0 aromatic heterocycles. The number of benzene rings is 1. The zero-order valence-corrected chi connectivity index (χ0v) is 12.4. The molecule has 118 valence electrons. The summed E-state index contributed by atoms with van der Waals surface area (Å²) in [6.45, 7) is 3.46. The molecule has 1 heterocycles. The molecular formula is C13H16F3NO3S. The average molecular weight is 323 g/mol. The summed E-state index contributed by atoms with van der Waals surface area (Å²) in [6.07, 6.45) is -5.43. The minimum atomic E-state index is -4.72. The Bertz CT molecular complexity index is 605. The fourth-order valence-corrected chi connectivity index (χ4v) is 4.19. The summed E-state index contributed by atoms with van der Waals surface area (Å²) < 4.78 is 70.5. The van der Waals surface area contributed by atoms with Crippen molar-refractivity contribution in [3.05, 3.63) is 29.8 Å². The van der Waals surface area contributed by atoms with E-state index in [1.165, 1.54) is 12.1 Å². The van der Waals surface area contributed by atoms with Gasteiger partial charge in [0.2, 0.25) is 10.0 Å². The van der Waals surface area contributed by atoms with Crippen LogP contribution in [0, 0.1) is 0 Å². The first-order chi connectivity index (χ1) is 9.62. The molecule has 2 rings (SSSR count). The first kappa shape index (κ1) is 16.3. The number of ether oxygens (including phenoxy) is 1. The Morgan fingerprint density at radius 1 is 1.14 bits per heavy atom. The maximum Gasteiger partial charge on any atom is 0.417 e. The van der Waals surface area contributed by atoms with Crippen molar-refractivity contribution in [2.75, 3.05) is 13.1 Å². The van der Waals surface area contributed by atoms with Crippen molar-refractivity contribution in [1.82, 2.24) is 4.31 Å². The summed E-state index contributed by atoms with van der Waals surface area (Å²) in [5, 5.41) is 0. The van der Waals surface area contributed by atoms with E-state index < -0.39 is 26.7 Å². The standard InChI is InChI=1S/C13H16F3NO3S/c1-9-7-17(8-10(2)20-9)21(18,19)12-6-4-3-5-11(12)13(14,15)16/h3-6,9-10H,7-8H2,1-2H3. The van der Waals surface area contributed by atoms with Crippen molar-refractivity contribution in [2.24, 2.45) is 0 Å². The number of hydrogen-bond acceptors (Lipinski definition) is 3. The third-order valence-corrected chi connectivity index (χ3v) is 5.09. The number of sulfonamides is 1. The van der Waals surface area contributed by atoms with Gasteiger partial charge in [0, 0.05) is 13.1 Å². The molecule has 0 saturated carbocycles. The second kappa shape index (κ2) is 5.58. The number of morpholine rings is 1. The van der Waals surface area contributed by atoms with Gasteiger partial charge in [0.1, 0.15) is 0 Å². The lowest BCUT2D eigenvalue weighted by Crippen LogP contribution is -2.48. The Labute approximate surface area is 121 Å². The molecule has 1 aromatic carbocycles. The number of nitrogens with zero attached hydrogens (tertiary/aromatic N) is 1. The molecule has 8 heteroatoms. The van der Waals surface area contributed by atoms with Gasteiger partial charge in [-0.25, -0.2) is 8.42 Å². The van der Waals surface area contributed by atoms with E-state index in [-0.39, 0.29) is 25.3 Å². The molecule has 2 unspecified atom stereocenters. The first-order valence-corrected chi connectivity index (χ1v) is 7.88. The van der Waals surface area contributed by atoms with Crippen LogP contribution in [0.25, 0.3) is 0 Å². The van der Waals surface area contributed by atoms with Crippen LogP contribution < -0.4 is 0 Å². The largest absolute Gasteiger partial charge is 0.417 e. The molecule has 0 amide bonds. The Kier molecular flexibility index (Phi) is 4.32. The smallest absolute Gasteiger partial charge is 0.373 e. The van der Waals surface area contributed by atoms with Crippen LogP contribution in [0.1, 0.15) is 19.4 Å². The van der Waals surface area contributed by atoms with Gasteiger partial charge in [-0.1, -0.05) is 12.1 Å². The normalized spacial score (nSPS) is 25.0. The summed E-state index contributed by atoms with van der Waals surface area (Å²) >= 11 is 0. The highest BCUT2D eigenvalue weighted by Gasteiger charge is 2.40. The SMILES string of the molecule is CC1CN(S(=O)(=O)c2ccccc2C(F)(F)F)CC(C)O1. The highest BCUT2D eigenvalue weighted by Crippen LogP contribution is 2.35. The van der Waals surface area contributed by atoms with E-state index in [9.17, 15) is 21.6 Å². The summed E-state index contributed by atoms with van der Waals surface area (Å²) in [5.41, 5.74) is -1.14. The summed E-state index contributed by atoms with van der Waals surface area (Å²) in [5.74, 6) is 0. The van der Waals surface area contributed by atoms with E-state index in [0.29, 0.717) is 0 Å². The van der Waals surface area contributed by atoms with Crippen LogP contribution in [0.2, 0.25) is 0 Å². The van der Waals surface area contributed by atoms with Crippen LogP contribution >= 0.6 is 0 Å². The van der Waals surface area contributed by atoms with Crippen molar-refractivity contribution in [2.45, 2.75) is 37.1 Å². The van der Waals surface area contributed by atoms with Crippen LogP contribution in [-0.4, -0.2) is 38.0 Å². The monoisotopic (exact) mass is 323 g/mol. The van der Waals surface area contributed by atoms with Gasteiger partial charge in [-0.05, 0) is 26.0 Å². The zero-order valence-electron chi connectivity index (χ0n) is 11.6. The molecule has 1 aliphatic rings. The molecule has 1 saturated heterocycles. The molecule has 1 aliphatic heterocycles. The third-order valence-electron chi connectivity index (χ3n) is 3.20. The zero-order chi connectivity index (χ0) is 15.8. The fraction of sp³-hybridized carbons (Fsp3) is 0.538. The topological polar surface area (TPSA) is 46.6 Å². The van der Waals surface area contributed by atoms with Gasteiger partial charge in [-0.15, -0.1) is 0 Å². The predicted octanol–water partition coefficient (Wildman–Crippen LogP) is 2.50. The van der Waals surface area contributed by atoms with E-state index >= 15 is 0 Å². The van der Waals surface area contributed by atoms with E-state index in [1.54, 1.807) is 13.8 Å². The molecule has 0 N–H and O–H groups in total. The van der Waals surface area contributed by atoms with E-state index in [0.717, 1.165) is 16.4 Å². The minimum Gasteiger partial charge on any atom is -0.373 e. The van der Waals surface area contributed by atoms with Crippen LogP contribution in [0.4, 0.5) is 13.2 Å². The van der Waals surface area contributed by atoms with E-state index in [1.807, 2.05) is 0 Å². The maximum atomic E-state index is 13.0. The molecule has 21 heavy (non-hydrogen) atoms. The van der Waals surface area contributed by atoms with Crippen molar-refractivity contribution < 1.29 is 26.3 Å². The van der Waals surface area contributed by atoms with E-state index in [2.05, 4.69) is 0 Å². The van der Waals surface area contributed by atoms with Gasteiger partial charge in [0.25, 0.3) is 0 Å². The van der Waals surface area contributed by atoms with Gasteiger partial charge in [-0.3, -0.25) is 0 Å². The predicted molar refractivity (Wildman–Crippen MR) is 70.2 cm³/mol. The molecule has 0 spiro atoms. The molecule has 0 radical (unpaired) electrons. The highest BCUT2D eigenvalue weighted by molar-refractivity contribution is 7.89. The Balaban J connectivity index is 2.45. The molecule has 2 atom stereocenters. The molecular weight excluding hydrogens is 307 g/mol. The van der Waals surface area contributed by atoms with Crippen LogP contribution in [-0.2, 0) is 20.9 Å². The van der Waals surface area contributed by atoms with Crippen molar-refractivity contribution >= 4 is 10.0 Å². The van der Waals surface area contributed by atoms with Crippen LogP contribution in [0.5, 0.6) is 0 Å². The maximum absolute atomic E-state index is 13.0. The van der Waals surface area contributed by atoms with Gasteiger partial charge >= 0.3 is 6.18 Å². The van der Waals surface area contributed by atoms with Crippen molar-refractivity contribution in [1.29, 1.82) is 0 Å². The molecule has 4 nitrogen and oxygen atoms in total. The van der Waals surface area contributed by atoms with Gasteiger partial charge in [0.05, 0.1) is 22.7 Å². The Morgan fingerprint density at radius 3 is 2.19 bits per heavy atom. The number of halogens is 3. The number of hydrogen-bond donors (Lipinski definition) is 0. The second-order valence-electron chi connectivity index (χ2n) is 5.07. The van der Waals surface area contributed by atoms with Crippen LogP contribution in [0.3, 0.4) is 0 Å². The number of rotatable bonds is 2. The lowest BCUT2D eigenvalue weighted by Gasteiger charge is -2.34. The lowest BCUT2D eigenvalue weighted by atomic mass is 10.2. The summed E-state index contributed by atoms with van der Waals surface area (Å²) in [6, 6.07) is 4.23. The lowest BCUT2D eigenvalue weighted by molar-refractivity contribution is -0.140. The molecule has 1 fully saturated rings. The molecule has 0 aliphatic carbocycles. The van der Waals surface area contributed by atoms with Gasteiger partial charge in [-0.2, -0.15) is 17.5 Å².